The standard InChI is InChI=1S/C31H32Cl2FN3O5S2/c1-4-41-30(38)18-35-11-5-6-20-14-22(32)8-10-26(20)42-28-17-25(34)29(16-24(28)33)44-37(31-36-12-13-43-31)19-21-7-9-23(39-2)15-27(21)40-3/h7-10,12-17,35H,4-6,11,18-19H2,1-3H3. The molecule has 0 unspecified atom stereocenters. The van der Waals surface area contributed by atoms with Gasteiger partial charge in [0.1, 0.15) is 28.8 Å². The van der Waals surface area contributed by atoms with Crippen molar-refractivity contribution >= 4 is 57.6 Å². The van der Waals surface area contributed by atoms with Crippen LogP contribution in [0.25, 0.3) is 0 Å². The first kappa shape index (κ1) is 33.7. The number of aryl methyl sites for hydroxylation is 1. The first-order valence-corrected chi connectivity index (χ1v) is 16.1. The third-order valence-corrected chi connectivity index (χ3v) is 8.72. The van der Waals surface area contributed by atoms with E-state index in [4.69, 9.17) is 42.1 Å². The molecule has 4 aromatic rings. The second-order valence-corrected chi connectivity index (χ2v) is 12.1. The fraction of sp³-hybridized carbons (Fsp3) is 0.290. The van der Waals surface area contributed by atoms with Gasteiger partial charge in [0, 0.05) is 34.3 Å². The Bertz CT molecular complexity index is 1550. The molecule has 234 valence electrons. The SMILES string of the molecule is CCOC(=O)CNCCCc1cc(Cl)ccc1Oc1cc(F)c(SN(Cc2ccc(OC)cc2OC)c2nccs2)cc1Cl. The van der Waals surface area contributed by atoms with E-state index in [-0.39, 0.29) is 23.3 Å². The Morgan fingerprint density at radius 1 is 1.05 bits per heavy atom. The van der Waals surface area contributed by atoms with Gasteiger partial charge in [0.2, 0.25) is 0 Å². The van der Waals surface area contributed by atoms with Gasteiger partial charge in [-0.1, -0.05) is 23.2 Å². The van der Waals surface area contributed by atoms with Gasteiger partial charge in [-0.25, -0.2) is 9.37 Å². The van der Waals surface area contributed by atoms with Gasteiger partial charge >= 0.3 is 5.97 Å². The summed E-state index contributed by atoms with van der Waals surface area (Å²) in [5.74, 6) is 1.20. The number of carbonyl (C=O) groups excluding carboxylic acids is 1. The Balaban J connectivity index is 1.49. The van der Waals surface area contributed by atoms with E-state index in [1.54, 1.807) is 51.6 Å². The molecule has 0 bridgehead atoms. The average Bonchev–Trinajstić information content (AvgIpc) is 3.55. The molecule has 8 nitrogen and oxygen atoms in total. The van der Waals surface area contributed by atoms with E-state index < -0.39 is 5.82 Å². The van der Waals surface area contributed by atoms with Crippen molar-refractivity contribution in [2.75, 3.05) is 38.2 Å². The zero-order valence-corrected chi connectivity index (χ0v) is 27.5. The van der Waals surface area contributed by atoms with E-state index in [9.17, 15) is 4.79 Å². The molecule has 4 rings (SSSR count). The van der Waals surface area contributed by atoms with Crippen LogP contribution in [0.2, 0.25) is 10.0 Å². The topological polar surface area (TPSA) is 82.2 Å². The van der Waals surface area contributed by atoms with E-state index in [2.05, 4.69) is 10.3 Å². The highest BCUT2D eigenvalue weighted by molar-refractivity contribution is 8.00. The number of nitrogens with one attached hydrogen (secondary N) is 1. The molecule has 13 heteroatoms. The van der Waals surface area contributed by atoms with Gasteiger partial charge in [-0.2, -0.15) is 0 Å². The second-order valence-electron chi connectivity index (χ2n) is 9.27. The summed E-state index contributed by atoms with van der Waals surface area (Å²) in [6, 6.07) is 13.6. The monoisotopic (exact) mass is 679 g/mol. The van der Waals surface area contributed by atoms with Gasteiger partial charge in [0.05, 0.1) is 43.8 Å². The van der Waals surface area contributed by atoms with Crippen molar-refractivity contribution in [3.05, 3.63) is 87.1 Å². The number of aromatic nitrogens is 1. The number of benzene rings is 3. The van der Waals surface area contributed by atoms with Gasteiger partial charge in [0.25, 0.3) is 0 Å². The first-order chi connectivity index (χ1) is 21.3. The first-order valence-electron chi connectivity index (χ1n) is 13.7. The van der Waals surface area contributed by atoms with Crippen LogP contribution < -0.4 is 23.8 Å². The number of carbonyl (C=O) groups is 1. The lowest BCUT2D eigenvalue weighted by Crippen LogP contribution is -2.25. The highest BCUT2D eigenvalue weighted by Crippen LogP contribution is 2.40. The van der Waals surface area contributed by atoms with Crippen LogP contribution in [0.15, 0.2) is 65.0 Å². The van der Waals surface area contributed by atoms with E-state index in [1.807, 2.05) is 21.8 Å². The molecule has 0 radical (unpaired) electrons. The number of rotatable bonds is 16. The van der Waals surface area contributed by atoms with Gasteiger partial charge in [-0.15, -0.1) is 11.3 Å². The maximum atomic E-state index is 15.6. The minimum absolute atomic E-state index is 0.138. The number of ether oxygens (including phenoxy) is 4. The second kappa shape index (κ2) is 16.7. The molecule has 0 atom stereocenters. The maximum absolute atomic E-state index is 15.6. The molecule has 3 aromatic carbocycles. The van der Waals surface area contributed by atoms with Crippen molar-refractivity contribution in [2.24, 2.45) is 0 Å². The predicted octanol–water partition coefficient (Wildman–Crippen LogP) is 8.20. The summed E-state index contributed by atoms with van der Waals surface area (Å²) in [7, 11) is 3.18. The van der Waals surface area contributed by atoms with Gasteiger partial charge in [-0.3, -0.25) is 9.10 Å². The van der Waals surface area contributed by atoms with Crippen molar-refractivity contribution in [3.63, 3.8) is 0 Å². The van der Waals surface area contributed by atoms with Crippen molar-refractivity contribution < 1.29 is 28.1 Å². The number of methoxy groups -OCH3 is 2. The lowest BCUT2D eigenvalue weighted by molar-refractivity contribution is -0.141. The fourth-order valence-corrected chi connectivity index (χ4v) is 6.29. The third-order valence-electron chi connectivity index (χ3n) is 6.25. The number of halogens is 3. The van der Waals surface area contributed by atoms with Crippen molar-refractivity contribution in [1.82, 2.24) is 10.3 Å². The summed E-state index contributed by atoms with van der Waals surface area (Å²) in [6.07, 6.45) is 3.01. The number of hydrogen-bond donors (Lipinski definition) is 1. The van der Waals surface area contributed by atoms with Crippen LogP contribution >= 0.6 is 46.5 Å². The normalized spacial score (nSPS) is 10.9. The Kier molecular flexibility index (Phi) is 12.8. The van der Waals surface area contributed by atoms with Crippen LogP contribution in [-0.2, 0) is 22.5 Å². The van der Waals surface area contributed by atoms with E-state index in [1.165, 1.54) is 35.4 Å². The van der Waals surface area contributed by atoms with Crippen molar-refractivity contribution in [3.8, 4) is 23.0 Å². The fourth-order valence-electron chi connectivity index (χ4n) is 4.16. The highest BCUT2D eigenvalue weighted by Gasteiger charge is 2.20. The minimum atomic E-state index is -0.503. The van der Waals surface area contributed by atoms with Crippen LogP contribution in [0.3, 0.4) is 0 Å². The molecule has 44 heavy (non-hydrogen) atoms. The number of esters is 1. The Morgan fingerprint density at radius 2 is 1.89 bits per heavy atom. The highest BCUT2D eigenvalue weighted by atomic mass is 35.5. The van der Waals surface area contributed by atoms with Crippen LogP contribution in [0, 0.1) is 5.82 Å². The maximum Gasteiger partial charge on any atom is 0.319 e. The van der Waals surface area contributed by atoms with Crippen LogP contribution in [0.4, 0.5) is 9.52 Å². The molecule has 1 aromatic heterocycles. The van der Waals surface area contributed by atoms with E-state index >= 15 is 4.39 Å². The summed E-state index contributed by atoms with van der Waals surface area (Å²) in [5.41, 5.74) is 1.70. The summed E-state index contributed by atoms with van der Waals surface area (Å²) in [6.45, 7) is 3.21. The number of hydrogen-bond acceptors (Lipinski definition) is 10. The molecule has 1 N–H and O–H groups in total. The molecule has 0 aliphatic carbocycles. The lowest BCUT2D eigenvalue weighted by Gasteiger charge is -2.22. The molecule has 0 amide bonds. The summed E-state index contributed by atoms with van der Waals surface area (Å²) in [5, 5.41) is 6.39. The zero-order chi connectivity index (χ0) is 31.5. The molecule has 0 aliphatic heterocycles. The number of anilines is 1. The minimum Gasteiger partial charge on any atom is -0.497 e. The molecule has 1 heterocycles. The predicted molar refractivity (Wildman–Crippen MR) is 174 cm³/mol. The summed E-state index contributed by atoms with van der Waals surface area (Å²) in [4.78, 5) is 16.3. The Labute approximate surface area is 274 Å². The molecule has 0 aliphatic rings. The Morgan fingerprint density at radius 3 is 2.61 bits per heavy atom. The van der Waals surface area contributed by atoms with E-state index in [0.29, 0.717) is 64.8 Å². The van der Waals surface area contributed by atoms with Gasteiger partial charge < -0.3 is 24.3 Å². The quantitative estimate of drug-likeness (QED) is 0.0716. The van der Waals surface area contributed by atoms with Crippen molar-refractivity contribution in [2.45, 2.75) is 31.2 Å². The largest absolute Gasteiger partial charge is 0.497 e. The van der Waals surface area contributed by atoms with Crippen LogP contribution in [0.5, 0.6) is 23.0 Å². The summed E-state index contributed by atoms with van der Waals surface area (Å²) < 4.78 is 39.4. The van der Waals surface area contributed by atoms with Crippen LogP contribution in [-0.4, -0.2) is 44.9 Å². The van der Waals surface area contributed by atoms with Gasteiger partial charge in [0.15, 0.2) is 5.13 Å². The number of nitrogens with zero attached hydrogens (tertiary/aromatic N) is 2. The number of thiazole rings is 1. The molecule has 0 fully saturated rings. The molecular formula is C31H32Cl2FN3O5S2. The Hall–Kier alpha value is -3.22. The molecule has 0 spiro atoms. The summed E-state index contributed by atoms with van der Waals surface area (Å²) >= 11 is 15.5. The molecular weight excluding hydrogens is 648 g/mol. The molecule has 0 saturated heterocycles. The third kappa shape index (κ3) is 9.39. The van der Waals surface area contributed by atoms with E-state index in [0.717, 1.165) is 11.1 Å². The zero-order valence-electron chi connectivity index (χ0n) is 24.4. The smallest absolute Gasteiger partial charge is 0.319 e. The van der Waals surface area contributed by atoms with Crippen molar-refractivity contribution in [1.29, 1.82) is 0 Å². The molecule has 0 saturated carbocycles. The van der Waals surface area contributed by atoms with Gasteiger partial charge in [-0.05, 0) is 80.2 Å². The average molecular weight is 681 g/mol. The lowest BCUT2D eigenvalue weighted by atomic mass is 10.1. The van der Waals surface area contributed by atoms with Crippen LogP contribution in [0.1, 0.15) is 24.5 Å².